The maximum absolute atomic E-state index is 11.7. The summed E-state index contributed by atoms with van der Waals surface area (Å²) in [6.07, 6.45) is 2.06. The normalized spacial score (nSPS) is 11.4. The highest BCUT2D eigenvalue weighted by Gasteiger charge is 2.15. The van der Waals surface area contributed by atoms with Gasteiger partial charge in [-0.3, -0.25) is 4.79 Å². The zero-order chi connectivity index (χ0) is 14.3. The van der Waals surface area contributed by atoms with E-state index in [9.17, 15) is 4.79 Å². The Morgan fingerprint density at radius 3 is 2.68 bits per heavy atom. The Labute approximate surface area is 120 Å². The number of hydrogen-bond acceptors (Lipinski definition) is 2. The van der Waals surface area contributed by atoms with E-state index in [2.05, 4.69) is 5.32 Å². The van der Waals surface area contributed by atoms with Gasteiger partial charge in [-0.15, -0.1) is 0 Å². The van der Waals surface area contributed by atoms with Crippen molar-refractivity contribution < 1.29 is 9.90 Å². The lowest BCUT2D eigenvalue weighted by atomic mass is 9.89. The molecule has 1 rings (SSSR count). The molecule has 4 heteroatoms. The molecular weight excluding hydrogens is 262 g/mol. The van der Waals surface area contributed by atoms with Crippen LogP contribution in [0.15, 0.2) is 24.3 Å². The first-order valence-corrected chi connectivity index (χ1v) is 6.93. The van der Waals surface area contributed by atoms with Gasteiger partial charge in [-0.1, -0.05) is 43.6 Å². The summed E-state index contributed by atoms with van der Waals surface area (Å²) < 4.78 is 0. The number of benzene rings is 1. The molecule has 0 bridgehead atoms. The fourth-order valence-corrected chi connectivity index (χ4v) is 1.95. The van der Waals surface area contributed by atoms with Gasteiger partial charge in [0.05, 0.1) is 6.42 Å². The van der Waals surface area contributed by atoms with Crippen molar-refractivity contribution in [2.45, 2.75) is 33.1 Å². The quantitative estimate of drug-likeness (QED) is 0.756. The minimum absolute atomic E-state index is 0.0186. The molecule has 0 unspecified atom stereocenters. The van der Waals surface area contributed by atoms with E-state index in [4.69, 9.17) is 16.7 Å². The van der Waals surface area contributed by atoms with Crippen molar-refractivity contribution in [2.75, 3.05) is 13.2 Å². The average Bonchev–Trinajstić information content (AvgIpc) is 2.38. The number of amides is 1. The molecule has 0 spiro atoms. The van der Waals surface area contributed by atoms with Crippen molar-refractivity contribution in [1.29, 1.82) is 0 Å². The van der Waals surface area contributed by atoms with Crippen molar-refractivity contribution in [1.82, 2.24) is 5.32 Å². The first-order chi connectivity index (χ1) is 8.94. The van der Waals surface area contributed by atoms with Crippen LogP contribution in [0.25, 0.3) is 0 Å². The third-order valence-electron chi connectivity index (χ3n) is 3.09. The molecule has 106 valence electrons. The molecule has 1 amide bonds. The van der Waals surface area contributed by atoms with Gasteiger partial charge in [-0.2, -0.15) is 0 Å². The molecular formula is C15H22ClNO2. The van der Waals surface area contributed by atoms with Crippen LogP contribution in [0.4, 0.5) is 0 Å². The Kier molecular flexibility index (Phi) is 6.32. The summed E-state index contributed by atoms with van der Waals surface area (Å²) in [4.78, 5) is 11.7. The second kappa shape index (κ2) is 7.51. The summed E-state index contributed by atoms with van der Waals surface area (Å²) in [7, 11) is 0. The zero-order valence-electron chi connectivity index (χ0n) is 11.6. The smallest absolute Gasteiger partial charge is 0.224 e. The summed E-state index contributed by atoms with van der Waals surface area (Å²) in [6.45, 7) is 4.82. The summed E-state index contributed by atoms with van der Waals surface area (Å²) in [5, 5.41) is 12.6. The van der Waals surface area contributed by atoms with E-state index in [0.717, 1.165) is 18.4 Å². The van der Waals surface area contributed by atoms with Crippen LogP contribution in [0, 0.1) is 5.41 Å². The molecule has 0 aliphatic rings. The van der Waals surface area contributed by atoms with E-state index in [1.807, 2.05) is 32.0 Å². The Morgan fingerprint density at radius 1 is 1.37 bits per heavy atom. The molecule has 0 heterocycles. The van der Waals surface area contributed by atoms with Gasteiger partial charge in [-0.05, 0) is 29.9 Å². The number of carbonyl (C=O) groups is 1. The SMILES string of the molecule is CC(C)(CO)CCCNC(=O)Cc1ccccc1Cl. The monoisotopic (exact) mass is 283 g/mol. The topological polar surface area (TPSA) is 49.3 Å². The van der Waals surface area contributed by atoms with Crippen LogP contribution in [0.2, 0.25) is 5.02 Å². The lowest BCUT2D eigenvalue weighted by Crippen LogP contribution is -2.27. The Hall–Kier alpha value is -1.06. The fourth-order valence-electron chi connectivity index (χ4n) is 1.75. The molecule has 0 fully saturated rings. The molecule has 2 N–H and O–H groups in total. The van der Waals surface area contributed by atoms with E-state index in [0.29, 0.717) is 18.0 Å². The van der Waals surface area contributed by atoms with Crippen molar-refractivity contribution in [2.24, 2.45) is 5.41 Å². The maximum Gasteiger partial charge on any atom is 0.224 e. The molecule has 0 aromatic heterocycles. The van der Waals surface area contributed by atoms with Crippen LogP contribution in [0.5, 0.6) is 0 Å². The molecule has 0 aliphatic carbocycles. The third-order valence-corrected chi connectivity index (χ3v) is 3.46. The largest absolute Gasteiger partial charge is 0.396 e. The minimum Gasteiger partial charge on any atom is -0.396 e. The van der Waals surface area contributed by atoms with Gasteiger partial charge in [0, 0.05) is 18.2 Å². The van der Waals surface area contributed by atoms with Crippen LogP contribution in [-0.4, -0.2) is 24.2 Å². The molecule has 0 saturated heterocycles. The number of hydrogen-bond donors (Lipinski definition) is 2. The van der Waals surface area contributed by atoms with Gasteiger partial charge < -0.3 is 10.4 Å². The number of halogens is 1. The Morgan fingerprint density at radius 2 is 2.05 bits per heavy atom. The van der Waals surface area contributed by atoms with E-state index in [-0.39, 0.29) is 17.9 Å². The number of nitrogens with one attached hydrogen (secondary N) is 1. The van der Waals surface area contributed by atoms with Gasteiger partial charge >= 0.3 is 0 Å². The first kappa shape index (κ1) is 16.0. The molecule has 3 nitrogen and oxygen atoms in total. The predicted molar refractivity (Wildman–Crippen MR) is 78.3 cm³/mol. The minimum atomic E-state index is -0.0759. The highest BCUT2D eigenvalue weighted by molar-refractivity contribution is 6.31. The molecule has 0 atom stereocenters. The number of aliphatic hydroxyl groups excluding tert-OH is 1. The maximum atomic E-state index is 11.7. The molecule has 0 radical (unpaired) electrons. The van der Waals surface area contributed by atoms with Crippen LogP contribution in [0.3, 0.4) is 0 Å². The van der Waals surface area contributed by atoms with Crippen LogP contribution in [-0.2, 0) is 11.2 Å². The van der Waals surface area contributed by atoms with E-state index in [1.165, 1.54) is 0 Å². The molecule has 1 aromatic rings. The lowest BCUT2D eigenvalue weighted by Gasteiger charge is -2.21. The summed E-state index contributed by atoms with van der Waals surface area (Å²) >= 11 is 6.00. The van der Waals surface area contributed by atoms with Gasteiger partial charge in [0.1, 0.15) is 0 Å². The Balaban J connectivity index is 2.28. The molecule has 0 saturated carbocycles. The standard InChI is InChI=1S/C15H22ClNO2/c1-15(2,11-18)8-5-9-17-14(19)10-12-6-3-4-7-13(12)16/h3-4,6-7,18H,5,8-11H2,1-2H3,(H,17,19). The zero-order valence-corrected chi connectivity index (χ0v) is 12.3. The van der Waals surface area contributed by atoms with Crippen LogP contribution >= 0.6 is 11.6 Å². The Bertz CT molecular complexity index is 418. The van der Waals surface area contributed by atoms with Crippen molar-refractivity contribution >= 4 is 17.5 Å². The number of aliphatic hydroxyl groups is 1. The van der Waals surface area contributed by atoms with Crippen molar-refractivity contribution in [3.63, 3.8) is 0 Å². The third kappa shape index (κ3) is 6.08. The second-order valence-electron chi connectivity index (χ2n) is 5.54. The fraction of sp³-hybridized carbons (Fsp3) is 0.533. The highest BCUT2D eigenvalue weighted by Crippen LogP contribution is 2.20. The van der Waals surface area contributed by atoms with Crippen LogP contribution < -0.4 is 5.32 Å². The molecule has 19 heavy (non-hydrogen) atoms. The van der Waals surface area contributed by atoms with Gasteiger partial charge in [0.25, 0.3) is 0 Å². The van der Waals surface area contributed by atoms with Gasteiger partial charge in [0.15, 0.2) is 0 Å². The first-order valence-electron chi connectivity index (χ1n) is 6.55. The summed E-state index contributed by atoms with van der Waals surface area (Å²) in [6, 6.07) is 7.36. The van der Waals surface area contributed by atoms with E-state index < -0.39 is 0 Å². The molecule has 0 aliphatic heterocycles. The number of rotatable bonds is 7. The summed E-state index contributed by atoms with van der Waals surface area (Å²) in [5.41, 5.74) is 0.769. The number of carbonyl (C=O) groups excluding carboxylic acids is 1. The molecule has 1 aromatic carbocycles. The second-order valence-corrected chi connectivity index (χ2v) is 5.95. The average molecular weight is 284 g/mol. The predicted octanol–water partition coefficient (Wildman–Crippen LogP) is 2.80. The van der Waals surface area contributed by atoms with Crippen molar-refractivity contribution in [3.8, 4) is 0 Å². The lowest BCUT2D eigenvalue weighted by molar-refractivity contribution is -0.120. The summed E-state index contributed by atoms with van der Waals surface area (Å²) in [5.74, 6) is -0.0186. The van der Waals surface area contributed by atoms with Crippen molar-refractivity contribution in [3.05, 3.63) is 34.9 Å². The van der Waals surface area contributed by atoms with Crippen LogP contribution in [0.1, 0.15) is 32.3 Å². The van der Waals surface area contributed by atoms with E-state index in [1.54, 1.807) is 6.07 Å². The van der Waals surface area contributed by atoms with Gasteiger partial charge in [0.2, 0.25) is 5.91 Å². The van der Waals surface area contributed by atoms with E-state index >= 15 is 0 Å². The van der Waals surface area contributed by atoms with Gasteiger partial charge in [-0.25, -0.2) is 0 Å². The highest BCUT2D eigenvalue weighted by atomic mass is 35.5.